The first kappa shape index (κ1) is 14.3. The highest BCUT2D eigenvalue weighted by atomic mass is 16.6. The summed E-state index contributed by atoms with van der Waals surface area (Å²) in [5.41, 5.74) is 1.89. The highest BCUT2D eigenvalue weighted by Gasteiger charge is 2.09. The highest BCUT2D eigenvalue weighted by molar-refractivity contribution is 5.86. The SMILES string of the molecule is C#Cc1cccc(/N=C/c2cc([N+](=O)[O-])ccc2OC)c1. The lowest BCUT2D eigenvalue weighted by Crippen LogP contribution is -1.94. The quantitative estimate of drug-likeness (QED) is 0.373. The van der Waals surface area contributed by atoms with E-state index in [4.69, 9.17) is 11.2 Å². The Kier molecular flexibility index (Phi) is 4.32. The van der Waals surface area contributed by atoms with E-state index in [2.05, 4.69) is 10.9 Å². The molecule has 104 valence electrons. The molecule has 0 atom stereocenters. The Labute approximate surface area is 122 Å². The van der Waals surface area contributed by atoms with Gasteiger partial charge in [-0.15, -0.1) is 6.42 Å². The van der Waals surface area contributed by atoms with Crippen molar-refractivity contribution in [2.24, 2.45) is 4.99 Å². The molecule has 0 N–H and O–H groups in total. The van der Waals surface area contributed by atoms with Gasteiger partial charge in [0, 0.05) is 29.5 Å². The molecule has 0 amide bonds. The fourth-order valence-electron chi connectivity index (χ4n) is 1.76. The summed E-state index contributed by atoms with van der Waals surface area (Å²) >= 11 is 0. The molecule has 5 nitrogen and oxygen atoms in total. The van der Waals surface area contributed by atoms with Crippen molar-refractivity contribution < 1.29 is 9.66 Å². The van der Waals surface area contributed by atoms with Gasteiger partial charge in [-0.1, -0.05) is 12.0 Å². The second-order valence-electron chi connectivity index (χ2n) is 4.14. The predicted molar refractivity (Wildman–Crippen MR) is 81.3 cm³/mol. The average molecular weight is 280 g/mol. The second-order valence-corrected chi connectivity index (χ2v) is 4.14. The summed E-state index contributed by atoms with van der Waals surface area (Å²) in [5, 5.41) is 10.8. The summed E-state index contributed by atoms with van der Waals surface area (Å²) in [6.45, 7) is 0. The van der Waals surface area contributed by atoms with Gasteiger partial charge in [0.2, 0.25) is 0 Å². The van der Waals surface area contributed by atoms with Crippen molar-refractivity contribution in [3.63, 3.8) is 0 Å². The number of nitrogens with zero attached hydrogens (tertiary/aromatic N) is 2. The zero-order chi connectivity index (χ0) is 15.2. The van der Waals surface area contributed by atoms with Gasteiger partial charge >= 0.3 is 0 Å². The molecule has 0 heterocycles. The van der Waals surface area contributed by atoms with E-state index in [1.54, 1.807) is 24.3 Å². The van der Waals surface area contributed by atoms with Gasteiger partial charge in [0.1, 0.15) is 5.75 Å². The number of non-ortho nitro benzene ring substituents is 1. The molecule has 5 heteroatoms. The zero-order valence-corrected chi connectivity index (χ0v) is 11.3. The van der Waals surface area contributed by atoms with Crippen molar-refractivity contribution in [2.45, 2.75) is 0 Å². The molecule has 0 bridgehead atoms. The van der Waals surface area contributed by atoms with Crippen molar-refractivity contribution in [3.05, 3.63) is 63.7 Å². The van der Waals surface area contributed by atoms with Crippen LogP contribution in [-0.4, -0.2) is 18.2 Å². The lowest BCUT2D eigenvalue weighted by Gasteiger charge is -2.03. The van der Waals surface area contributed by atoms with E-state index in [1.165, 1.54) is 31.5 Å². The Hall–Kier alpha value is -3.13. The molecule has 0 aliphatic heterocycles. The number of rotatable bonds is 4. The monoisotopic (exact) mass is 280 g/mol. The number of hydrogen-bond donors (Lipinski definition) is 0. The first-order chi connectivity index (χ1) is 10.1. The van der Waals surface area contributed by atoms with Crippen LogP contribution in [0.1, 0.15) is 11.1 Å². The number of nitro benzene ring substituents is 1. The fourth-order valence-corrected chi connectivity index (χ4v) is 1.76. The smallest absolute Gasteiger partial charge is 0.270 e. The summed E-state index contributed by atoms with van der Waals surface area (Å²) in [7, 11) is 1.50. The molecule has 21 heavy (non-hydrogen) atoms. The molecule has 0 spiro atoms. The molecule has 0 aliphatic rings. The third-order valence-corrected chi connectivity index (χ3v) is 2.79. The second kappa shape index (κ2) is 6.35. The van der Waals surface area contributed by atoms with E-state index in [0.29, 0.717) is 17.0 Å². The van der Waals surface area contributed by atoms with Gasteiger partial charge in [-0.2, -0.15) is 0 Å². The van der Waals surface area contributed by atoms with Gasteiger partial charge in [0.25, 0.3) is 5.69 Å². The highest BCUT2D eigenvalue weighted by Crippen LogP contribution is 2.23. The van der Waals surface area contributed by atoms with Crippen LogP contribution in [0.15, 0.2) is 47.5 Å². The minimum Gasteiger partial charge on any atom is -0.496 e. The number of hydrogen-bond acceptors (Lipinski definition) is 4. The van der Waals surface area contributed by atoms with Crippen LogP contribution in [0.5, 0.6) is 5.75 Å². The van der Waals surface area contributed by atoms with Crippen LogP contribution in [-0.2, 0) is 0 Å². The Balaban J connectivity index is 2.37. The van der Waals surface area contributed by atoms with Crippen molar-refractivity contribution in [2.75, 3.05) is 7.11 Å². The molecule has 2 aromatic carbocycles. The van der Waals surface area contributed by atoms with Crippen LogP contribution in [0.3, 0.4) is 0 Å². The molecule has 0 aliphatic carbocycles. The molecule has 2 aromatic rings. The Morgan fingerprint density at radius 1 is 1.33 bits per heavy atom. The number of ether oxygens (including phenoxy) is 1. The summed E-state index contributed by atoms with van der Waals surface area (Å²) in [6, 6.07) is 11.5. The molecule has 0 fully saturated rings. The average Bonchev–Trinajstić information content (AvgIpc) is 2.52. The molecule has 2 rings (SSSR count). The lowest BCUT2D eigenvalue weighted by atomic mass is 10.2. The third-order valence-electron chi connectivity index (χ3n) is 2.79. The predicted octanol–water partition coefficient (Wildman–Crippen LogP) is 3.34. The maximum atomic E-state index is 10.8. The summed E-state index contributed by atoms with van der Waals surface area (Å²) in [5.74, 6) is 3.04. The normalized spacial score (nSPS) is 10.3. The van der Waals surface area contributed by atoms with E-state index in [0.717, 1.165) is 5.56 Å². The van der Waals surface area contributed by atoms with Gasteiger partial charge in [0.15, 0.2) is 0 Å². The van der Waals surface area contributed by atoms with Gasteiger partial charge in [-0.25, -0.2) is 0 Å². The van der Waals surface area contributed by atoms with Crippen molar-refractivity contribution in [1.82, 2.24) is 0 Å². The van der Waals surface area contributed by atoms with Gasteiger partial charge in [-0.05, 0) is 24.3 Å². The molecule has 0 saturated carbocycles. The maximum absolute atomic E-state index is 10.8. The van der Waals surface area contributed by atoms with E-state index in [1.807, 2.05) is 0 Å². The summed E-state index contributed by atoms with van der Waals surface area (Å²) < 4.78 is 5.17. The number of methoxy groups -OCH3 is 1. The first-order valence-electron chi connectivity index (χ1n) is 6.07. The largest absolute Gasteiger partial charge is 0.496 e. The molecular weight excluding hydrogens is 268 g/mol. The molecule has 0 saturated heterocycles. The van der Waals surface area contributed by atoms with E-state index >= 15 is 0 Å². The number of nitro groups is 1. The zero-order valence-electron chi connectivity index (χ0n) is 11.3. The summed E-state index contributed by atoms with van der Waals surface area (Å²) in [4.78, 5) is 14.6. The number of terminal acetylenes is 1. The van der Waals surface area contributed by atoms with Crippen LogP contribution < -0.4 is 4.74 Å². The lowest BCUT2D eigenvalue weighted by molar-refractivity contribution is -0.384. The van der Waals surface area contributed by atoms with Gasteiger partial charge < -0.3 is 4.74 Å². The third kappa shape index (κ3) is 3.45. The Morgan fingerprint density at radius 3 is 2.81 bits per heavy atom. The van der Waals surface area contributed by atoms with Crippen LogP contribution in [0.25, 0.3) is 0 Å². The molecular formula is C16H12N2O3. The fraction of sp³-hybridized carbons (Fsp3) is 0.0625. The van der Waals surface area contributed by atoms with E-state index in [-0.39, 0.29) is 5.69 Å². The van der Waals surface area contributed by atoms with Crippen molar-refractivity contribution >= 4 is 17.6 Å². The minimum atomic E-state index is -0.463. The van der Waals surface area contributed by atoms with E-state index < -0.39 is 4.92 Å². The topological polar surface area (TPSA) is 64.7 Å². The van der Waals surface area contributed by atoms with Gasteiger partial charge in [0.05, 0.1) is 17.7 Å². The van der Waals surface area contributed by atoms with Crippen molar-refractivity contribution in [3.8, 4) is 18.1 Å². The Bertz CT molecular complexity index is 745. The maximum Gasteiger partial charge on any atom is 0.270 e. The molecule has 0 radical (unpaired) electrons. The number of aliphatic imine (C=N–C) groups is 1. The summed E-state index contributed by atoms with van der Waals surface area (Å²) in [6.07, 6.45) is 6.84. The molecule has 0 unspecified atom stereocenters. The van der Waals surface area contributed by atoms with Crippen LogP contribution in [0.2, 0.25) is 0 Å². The van der Waals surface area contributed by atoms with Crippen LogP contribution >= 0.6 is 0 Å². The van der Waals surface area contributed by atoms with Crippen molar-refractivity contribution in [1.29, 1.82) is 0 Å². The van der Waals surface area contributed by atoms with Gasteiger partial charge in [-0.3, -0.25) is 15.1 Å². The van der Waals surface area contributed by atoms with Crippen LogP contribution in [0, 0.1) is 22.5 Å². The Morgan fingerprint density at radius 2 is 2.14 bits per heavy atom. The first-order valence-corrected chi connectivity index (χ1v) is 6.07. The number of benzene rings is 2. The van der Waals surface area contributed by atoms with Crippen LogP contribution in [0.4, 0.5) is 11.4 Å². The standard InChI is InChI=1S/C16H12N2O3/c1-3-12-5-4-6-14(9-12)17-11-13-10-15(18(19)20)7-8-16(13)21-2/h1,4-11H,2H3/b17-11+. The molecule has 0 aromatic heterocycles. The van der Waals surface area contributed by atoms with E-state index in [9.17, 15) is 10.1 Å². The minimum absolute atomic E-state index is 0.0189.